The normalized spacial score (nSPS) is 20.8. The minimum atomic E-state index is -5.43. The molecule has 0 saturated carbocycles. The van der Waals surface area contributed by atoms with Crippen LogP contribution in [0.25, 0.3) is 22.7 Å². The number of carbonyl (C=O) groups is 1. The van der Waals surface area contributed by atoms with Crippen molar-refractivity contribution >= 4 is 21.6 Å². The number of benzene rings is 1. The van der Waals surface area contributed by atoms with Crippen molar-refractivity contribution in [1.29, 1.82) is 0 Å². The second kappa shape index (κ2) is 12.6. The minimum Gasteiger partial charge on any atom is -0.746 e. The van der Waals surface area contributed by atoms with E-state index in [-0.39, 0.29) is 155 Å². The minimum absolute atomic E-state index is 0. The summed E-state index contributed by atoms with van der Waals surface area (Å²) in [5.74, 6) is -1.49. The molecule has 4 rings (SSSR count). The fourth-order valence-corrected chi connectivity index (χ4v) is 5.28. The van der Waals surface area contributed by atoms with Gasteiger partial charge in [-0.25, -0.2) is 4.31 Å². The molecule has 36 heavy (non-hydrogen) atoms. The fourth-order valence-electron chi connectivity index (χ4n) is 3.24. The molecule has 0 spiro atoms. The number of amides is 1. The summed E-state index contributed by atoms with van der Waals surface area (Å²) in [4.78, 5) is 40.9. The number of fused-ring (bicyclic) bond motifs is 2. The number of aromatic nitrogens is 3. The van der Waals surface area contributed by atoms with Gasteiger partial charge in [0.25, 0.3) is 5.91 Å². The van der Waals surface area contributed by atoms with E-state index >= 15 is 0 Å². The Bertz CT molecular complexity index is 1380. The van der Waals surface area contributed by atoms with Crippen LogP contribution in [0.3, 0.4) is 0 Å². The first-order chi connectivity index (χ1) is 15.9. The van der Waals surface area contributed by atoms with Crippen LogP contribution in [0.1, 0.15) is 48.6 Å². The van der Waals surface area contributed by atoms with Gasteiger partial charge >= 0.3 is 118 Å². The van der Waals surface area contributed by atoms with Gasteiger partial charge in [-0.3, -0.25) is 13.9 Å². The Labute approximate surface area is 290 Å². The van der Waals surface area contributed by atoms with Gasteiger partial charge in [-0.05, 0) is 24.5 Å². The number of phosphoric ester groups is 2. The average molecular weight is 591 g/mol. The van der Waals surface area contributed by atoms with Gasteiger partial charge in [-0.1, -0.05) is 24.2 Å². The van der Waals surface area contributed by atoms with Gasteiger partial charge in [0.2, 0.25) is 11.7 Å². The van der Waals surface area contributed by atoms with Gasteiger partial charge in [0.05, 0.1) is 5.56 Å². The summed E-state index contributed by atoms with van der Waals surface area (Å²) in [5, 5.41) is 10.2. The molecule has 2 atom stereocenters. The summed E-state index contributed by atoms with van der Waals surface area (Å²) in [5.41, 5.74) is 0.159. The third-order valence-electron chi connectivity index (χ3n) is 4.59. The van der Waals surface area contributed by atoms with E-state index in [0.29, 0.717) is 5.56 Å². The third kappa shape index (κ3) is 7.06. The van der Waals surface area contributed by atoms with Gasteiger partial charge in [-0.2, -0.15) is 4.98 Å². The Hall–Kier alpha value is 0.253. The van der Waals surface area contributed by atoms with Gasteiger partial charge in [0.1, 0.15) is 17.1 Å². The summed E-state index contributed by atoms with van der Waals surface area (Å²) in [7, 11) is -10.7. The van der Waals surface area contributed by atoms with Crippen LogP contribution in [0, 0.1) is 6.92 Å². The van der Waals surface area contributed by atoms with E-state index in [9.17, 15) is 23.7 Å². The number of hydrogen-bond acceptors (Lipinski definition) is 13. The van der Waals surface area contributed by atoms with Gasteiger partial charge in [0, 0.05) is 19.5 Å². The van der Waals surface area contributed by atoms with Crippen LogP contribution in [0.5, 0.6) is 11.5 Å². The van der Waals surface area contributed by atoms with Crippen molar-refractivity contribution in [3.8, 4) is 34.2 Å². The number of nitrogens with zero attached hydrogens (tertiary/aromatic N) is 3. The summed E-state index contributed by atoms with van der Waals surface area (Å²) < 4.78 is 48.5. The van der Waals surface area contributed by atoms with E-state index in [1.807, 2.05) is 0 Å². The van der Waals surface area contributed by atoms with E-state index in [0.717, 1.165) is 6.07 Å². The second-order valence-electron chi connectivity index (χ2n) is 7.43. The van der Waals surface area contributed by atoms with E-state index in [4.69, 9.17) is 18.1 Å². The topological polar surface area (TPSA) is 202 Å². The largest absolute Gasteiger partial charge is 1.00 e. The molecule has 18 heteroatoms. The van der Waals surface area contributed by atoms with Crippen LogP contribution in [0.2, 0.25) is 0 Å². The van der Waals surface area contributed by atoms with Crippen molar-refractivity contribution in [1.82, 2.24) is 20.6 Å². The molecule has 3 heterocycles. The molecular weight excluding hydrogens is 572 g/mol. The molecule has 1 aromatic carbocycles. The molecule has 0 radical (unpaired) electrons. The molecule has 2 unspecified atom stereocenters. The van der Waals surface area contributed by atoms with Crippen molar-refractivity contribution in [2.45, 2.75) is 33.6 Å². The zero-order valence-electron chi connectivity index (χ0n) is 20.3. The first kappa shape index (κ1) is 32.5. The summed E-state index contributed by atoms with van der Waals surface area (Å²) in [6, 6.07) is 2.47. The third-order valence-corrected chi connectivity index (χ3v) is 7.04. The Morgan fingerprint density at radius 3 is 2.25 bits per heavy atom. The zero-order valence-corrected chi connectivity index (χ0v) is 28.3. The standard InChI is InChI=1S/C18H20N4O10P2.2K/c1-5-19-18(23)15-14(17-20-9(4)28-22-17)16(29-21-15)11-6-10(8(2)3)12-7-13(11)31-34(26,27)32-33(24,25)30-12;;/h6-8H,5H2,1-4H3,(H,19,23)(H,24,25)(H,26,27);;/q;2*+1/p-2. The van der Waals surface area contributed by atoms with Crippen LogP contribution in [0.4, 0.5) is 0 Å². The maximum Gasteiger partial charge on any atom is 1.00 e. The van der Waals surface area contributed by atoms with Crippen LogP contribution >= 0.6 is 15.6 Å². The van der Waals surface area contributed by atoms with Crippen molar-refractivity contribution in [2.75, 3.05) is 6.54 Å². The van der Waals surface area contributed by atoms with E-state index in [1.54, 1.807) is 20.8 Å². The maximum absolute atomic E-state index is 12.6. The molecule has 14 nitrogen and oxygen atoms in total. The number of carbonyl (C=O) groups excluding carboxylic acids is 1. The molecule has 2 bridgehead atoms. The number of rotatable bonds is 5. The molecule has 3 aromatic rings. The quantitative estimate of drug-likeness (QED) is 0.225. The number of aryl methyl sites for hydroxylation is 1. The number of nitrogens with one attached hydrogen (secondary N) is 1. The van der Waals surface area contributed by atoms with Crippen LogP contribution in [0.15, 0.2) is 21.2 Å². The van der Waals surface area contributed by atoms with Crippen LogP contribution < -0.4 is 127 Å². The number of hydrogen-bond donors (Lipinski definition) is 1. The van der Waals surface area contributed by atoms with Gasteiger partial charge < -0.3 is 33.2 Å². The Kier molecular flexibility index (Phi) is 11.4. The maximum atomic E-state index is 12.6. The molecule has 0 saturated heterocycles. The van der Waals surface area contributed by atoms with E-state index in [1.165, 1.54) is 13.0 Å². The molecule has 1 amide bonds. The van der Waals surface area contributed by atoms with Crippen LogP contribution in [-0.2, 0) is 13.4 Å². The van der Waals surface area contributed by atoms with Crippen molar-refractivity contribution in [3.05, 3.63) is 29.3 Å². The summed E-state index contributed by atoms with van der Waals surface area (Å²) >= 11 is 0. The molecule has 0 fully saturated rings. The van der Waals surface area contributed by atoms with Crippen LogP contribution in [-0.4, -0.2) is 27.7 Å². The summed E-state index contributed by atoms with van der Waals surface area (Å²) in [6.45, 7) is 7.02. The molecule has 2 aromatic heterocycles. The van der Waals surface area contributed by atoms with Crippen molar-refractivity contribution < 1.29 is 149 Å². The molecular formula is C18H18K2N4O10P2. The molecule has 1 aliphatic rings. The Morgan fingerprint density at radius 1 is 1.06 bits per heavy atom. The van der Waals surface area contributed by atoms with E-state index < -0.39 is 27.3 Å². The number of phosphoric acid groups is 2. The van der Waals surface area contributed by atoms with Gasteiger partial charge in [-0.15, -0.1) is 0 Å². The Balaban J connectivity index is 0.00000228. The predicted molar refractivity (Wildman–Crippen MR) is 110 cm³/mol. The molecule has 0 aliphatic carbocycles. The fraction of sp³-hybridized carbons (Fsp3) is 0.333. The SMILES string of the molecule is CCNC(=O)c1noc(-c2cc(C(C)C)c3cc2OP(=O)([O-])OP(=O)([O-])O3)c1-c1noc(C)n1.[K+].[K+]. The van der Waals surface area contributed by atoms with E-state index in [2.05, 4.69) is 24.9 Å². The predicted octanol–water partition coefficient (Wildman–Crippen LogP) is -3.69. The molecule has 1 aliphatic heterocycles. The molecule has 182 valence electrons. The smallest absolute Gasteiger partial charge is 0.746 e. The second-order valence-corrected chi connectivity index (χ2v) is 10.2. The summed E-state index contributed by atoms with van der Waals surface area (Å²) in [6.07, 6.45) is 0. The van der Waals surface area contributed by atoms with Crippen molar-refractivity contribution in [3.63, 3.8) is 0 Å². The average Bonchev–Trinajstić information content (AvgIpc) is 3.31. The monoisotopic (exact) mass is 590 g/mol. The van der Waals surface area contributed by atoms with Crippen molar-refractivity contribution in [2.24, 2.45) is 0 Å². The van der Waals surface area contributed by atoms with Gasteiger partial charge in [0.15, 0.2) is 11.5 Å². The zero-order chi connectivity index (χ0) is 24.8. The molecule has 1 N–H and O–H groups in total. The first-order valence-electron chi connectivity index (χ1n) is 9.90. The first-order valence-corrected chi connectivity index (χ1v) is 12.8. The Morgan fingerprint density at radius 2 is 1.69 bits per heavy atom.